The molecule has 136 valence electrons. The lowest BCUT2D eigenvalue weighted by Crippen LogP contribution is -2.36. The van der Waals surface area contributed by atoms with E-state index in [1.54, 1.807) is 30.3 Å². The van der Waals surface area contributed by atoms with Gasteiger partial charge in [0.15, 0.2) is 0 Å². The zero-order valence-corrected chi connectivity index (χ0v) is 14.6. The maximum Gasteiger partial charge on any atom is 0.313 e. The molecule has 0 aromatic heterocycles. The van der Waals surface area contributed by atoms with E-state index < -0.39 is 11.8 Å². The monoisotopic (exact) mass is 347 g/mol. The molecular weight excluding hydrogens is 322 g/mol. The van der Waals surface area contributed by atoms with Crippen LogP contribution in [0.3, 0.4) is 0 Å². The summed E-state index contributed by atoms with van der Waals surface area (Å²) >= 11 is 0. The number of nitrogens with one attached hydrogen (secondary N) is 3. The highest BCUT2D eigenvalue weighted by Gasteiger charge is 2.17. The lowest BCUT2D eigenvalue weighted by atomic mass is 10.1. The van der Waals surface area contributed by atoms with Crippen molar-refractivity contribution in [1.82, 2.24) is 10.6 Å². The molecule has 0 saturated heterocycles. The molecule has 0 fully saturated rings. The molecular formula is C18H25N3O4. The Kier molecular flexibility index (Phi) is 8.95. The van der Waals surface area contributed by atoms with Crippen LogP contribution >= 0.6 is 0 Å². The Morgan fingerprint density at radius 1 is 1.16 bits per heavy atom. The fourth-order valence-electron chi connectivity index (χ4n) is 1.90. The lowest BCUT2D eigenvalue weighted by molar-refractivity contribution is -0.136. The van der Waals surface area contributed by atoms with Crippen molar-refractivity contribution in [3.05, 3.63) is 42.5 Å². The van der Waals surface area contributed by atoms with E-state index >= 15 is 0 Å². The minimum Gasteiger partial charge on any atom is -0.379 e. The van der Waals surface area contributed by atoms with Crippen LogP contribution in [0, 0.1) is 0 Å². The number of rotatable bonds is 9. The maximum atomic E-state index is 12.1. The summed E-state index contributed by atoms with van der Waals surface area (Å²) in [6.07, 6.45) is 2.29. The Morgan fingerprint density at radius 2 is 1.88 bits per heavy atom. The summed E-state index contributed by atoms with van der Waals surface area (Å²) in [5, 5.41) is 7.60. The molecule has 0 atom stereocenters. The van der Waals surface area contributed by atoms with Gasteiger partial charge < -0.3 is 20.7 Å². The van der Waals surface area contributed by atoms with Crippen LogP contribution in [-0.2, 0) is 14.3 Å². The maximum absolute atomic E-state index is 12.1. The number of para-hydroxylation sites is 1. The first-order valence-electron chi connectivity index (χ1n) is 8.14. The first-order chi connectivity index (χ1) is 12.0. The zero-order valence-electron chi connectivity index (χ0n) is 14.6. The van der Waals surface area contributed by atoms with Crippen molar-refractivity contribution in [2.75, 3.05) is 25.0 Å². The summed E-state index contributed by atoms with van der Waals surface area (Å²) in [6, 6.07) is 6.47. The average molecular weight is 347 g/mol. The largest absolute Gasteiger partial charge is 0.379 e. The summed E-state index contributed by atoms with van der Waals surface area (Å²) in [6.45, 7) is 8.52. The van der Waals surface area contributed by atoms with E-state index in [9.17, 15) is 14.4 Å². The van der Waals surface area contributed by atoms with E-state index in [-0.39, 0.29) is 23.3 Å². The van der Waals surface area contributed by atoms with Crippen molar-refractivity contribution in [2.45, 2.75) is 26.4 Å². The predicted molar refractivity (Wildman–Crippen MR) is 96.3 cm³/mol. The Labute approximate surface area is 147 Å². The number of amides is 3. The summed E-state index contributed by atoms with van der Waals surface area (Å²) in [5.41, 5.74) is 0.545. The van der Waals surface area contributed by atoms with Crippen molar-refractivity contribution < 1.29 is 19.1 Å². The number of carbonyl (C=O) groups is 3. The summed E-state index contributed by atoms with van der Waals surface area (Å²) in [7, 11) is 0. The first kappa shape index (κ1) is 20.4. The molecule has 1 rings (SSSR count). The van der Waals surface area contributed by atoms with Crippen LogP contribution in [0.1, 0.15) is 30.6 Å². The van der Waals surface area contributed by atoms with Crippen LogP contribution in [0.5, 0.6) is 0 Å². The third-order valence-electron chi connectivity index (χ3n) is 3.09. The van der Waals surface area contributed by atoms with Gasteiger partial charge in [-0.15, -0.1) is 6.58 Å². The van der Waals surface area contributed by atoms with E-state index in [2.05, 4.69) is 22.5 Å². The fourth-order valence-corrected chi connectivity index (χ4v) is 1.90. The third-order valence-corrected chi connectivity index (χ3v) is 3.09. The Balaban J connectivity index is 2.54. The minimum atomic E-state index is -0.825. The normalized spacial score (nSPS) is 10.2. The molecule has 0 spiro atoms. The number of anilines is 1. The fraction of sp³-hybridized carbons (Fsp3) is 0.389. The number of hydrogen-bond acceptors (Lipinski definition) is 4. The molecule has 7 nitrogen and oxygen atoms in total. The molecule has 0 unspecified atom stereocenters. The van der Waals surface area contributed by atoms with Crippen LogP contribution in [0.25, 0.3) is 0 Å². The van der Waals surface area contributed by atoms with Crippen LogP contribution in [-0.4, -0.2) is 43.5 Å². The molecule has 25 heavy (non-hydrogen) atoms. The third kappa shape index (κ3) is 7.63. The summed E-state index contributed by atoms with van der Waals surface area (Å²) < 4.78 is 5.35. The standard InChI is InChI=1S/C18H25N3O4/c1-4-10-19-16(22)14-8-5-6-9-15(14)21-18(24)17(23)20-11-7-12-25-13(2)3/h4-6,8-9,13H,1,7,10-12H2,2-3H3,(H,19,22)(H,20,23)(H,21,24). The van der Waals surface area contributed by atoms with Crippen molar-refractivity contribution in [2.24, 2.45) is 0 Å². The molecule has 3 N–H and O–H groups in total. The Bertz CT molecular complexity index is 614. The van der Waals surface area contributed by atoms with Crippen molar-refractivity contribution >= 4 is 23.4 Å². The van der Waals surface area contributed by atoms with Gasteiger partial charge in [-0.05, 0) is 32.4 Å². The van der Waals surface area contributed by atoms with E-state index in [0.717, 1.165) is 0 Å². The summed E-state index contributed by atoms with van der Waals surface area (Å²) in [4.78, 5) is 35.8. The van der Waals surface area contributed by atoms with Gasteiger partial charge >= 0.3 is 11.8 Å². The van der Waals surface area contributed by atoms with Crippen LogP contribution in [0.4, 0.5) is 5.69 Å². The van der Waals surface area contributed by atoms with E-state index in [0.29, 0.717) is 26.1 Å². The van der Waals surface area contributed by atoms with Gasteiger partial charge in [0, 0.05) is 19.7 Å². The summed E-state index contributed by atoms with van der Waals surface area (Å²) in [5.74, 6) is -1.94. The predicted octanol–water partition coefficient (Wildman–Crippen LogP) is 1.47. The van der Waals surface area contributed by atoms with Gasteiger partial charge in [-0.1, -0.05) is 18.2 Å². The second-order valence-corrected chi connectivity index (χ2v) is 5.53. The molecule has 0 saturated carbocycles. The van der Waals surface area contributed by atoms with Gasteiger partial charge in [0.25, 0.3) is 5.91 Å². The van der Waals surface area contributed by atoms with Gasteiger partial charge in [0.05, 0.1) is 17.4 Å². The average Bonchev–Trinajstić information content (AvgIpc) is 2.59. The Morgan fingerprint density at radius 3 is 2.56 bits per heavy atom. The van der Waals surface area contributed by atoms with Crippen molar-refractivity contribution in [1.29, 1.82) is 0 Å². The van der Waals surface area contributed by atoms with E-state index in [4.69, 9.17) is 4.74 Å². The number of hydrogen-bond donors (Lipinski definition) is 3. The van der Waals surface area contributed by atoms with Crippen molar-refractivity contribution in [3.8, 4) is 0 Å². The molecule has 0 aliphatic heterocycles. The van der Waals surface area contributed by atoms with Gasteiger partial charge in [0.2, 0.25) is 0 Å². The molecule has 0 aliphatic rings. The lowest BCUT2D eigenvalue weighted by Gasteiger charge is -2.11. The first-order valence-corrected chi connectivity index (χ1v) is 8.14. The van der Waals surface area contributed by atoms with Gasteiger partial charge in [0.1, 0.15) is 0 Å². The highest BCUT2D eigenvalue weighted by atomic mass is 16.5. The number of benzene rings is 1. The SMILES string of the molecule is C=CCNC(=O)c1ccccc1NC(=O)C(=O)NCCCOC(C)C. The number of carbonyl (C=O) groups excluding carboxylic acids is 3. The highest BCUT2D eigenvalue weighted by molar-refractivity contribution is 6.40. The van der Waals surface area contributed by atoms with Gasteiger partial charge in [-0.3, -0.25) is 14.4 Å². The number of ether oxygens (including phenoxy) is 1. The van der Waals surface area contributed by atoms with Crippen LogP contribution in [0.2, 0.25) is 0 Å². The van der Waals surface area contributed by atoms with Crippen molar-refractivity contribution in [3.63, 3.8) is 0 Å². The molecule has 7 heteroatoms. The smallest absolute Gasteiger partial charge is 0.313 e. The highest BCUT2D eigenvalue weighted by Crippen LogP contribution is 2.14. The molecule has 0 radical (unpaired) electrons. The van der Waals surface area contributed by atoms with Gasteiger partial charge in [-0.2, -0.15) is 0 Å². The minimum absolute atomic E-state index is 0.128. The molecule has 1 aromatic carbocycles. The molecule has 1 aromatic rings. The molecule has 0 heterocycles. The zero-order chi connectivity index (χ0) is 18.7. The van der Waals surface area contributed by atoms with Gasteiger partial charge in [-0.25, -0.2) is 0 Å². The molecule has 0 bridgehead atoms. The molecule has 0 aliphatic carbocycles. The van der Waals surface area contributed by atoms with E-state index in [1.165, 1.54) is 0 Å². The topological polar surface area (TPSA) is 96.5 Å². The van der Waals surface area contributed by atoms with E-state index in [1.807, 2.05) is 13.8 Å². The van der Waals surface area contributed by atoms with Crippen LogP contribution < -0.4 is 16.0 Å². The second-order valence-electron chi connectivity index (χ2n) is 5.53. The second kappa shape index (κ2) is 11.0. The van der Waals surface area contributed by atoms with Crippen LogP contribution in [0.15, 0.2) is 36.9 Å². The molecule has 3 amide bonds. The quantitative estimate of drug-likeness (QED) is 0.358. The Hall–Kier alpha value is -2.67.